The first-order valence-corrected chi connectivity index (χ1v) is 9.24. The van der Waals surface area contributed by atoms with E-state index in [1.807, 2.05) is 11.0 Å². The highest BCUT2D eigenvalue weighted by molar-refractivity contribution is 9.10. The number of aromatic nitrogens is 2. The van der Waals surface area contributed by atoms with Crippen molar-refractivity contribution in [2.75, 3.05) is 23.3 Å². The number of anilines is 2. The van der Waals surface area contributed by atoms with Crippen molar-refractivity contribution in [1.82, 2.24) is 9.97 Å². The van der Waals surface area contributed by atoms with Gasteiger partial charge in [-0.05, 0) is 47.0 Å². The summed E-state index contributed by atoms with van der Waals surface area (Å²) in [6.45, 7) is 1.23. The van der Waals surface area contributed by atoms with Gasteiger partial charge in [-0.25, -0.2) is 9.97 Å². The van der Waals surface area contributed by atoms with Crippen molar-refractivity contribution in [2.45, 2.75) is 12.8 Å². The molecular weight excluding hydrogens is 422 g/mol. The maximum Gasteiger partial charge on any atom is 0.250 e. The standard InChI is InChI=1S/C17H17BrClN5O2/c18-12-3-4-14(21-8-12)23-17(26)10-2-1-5-24(9-10)16-13(19)6-11(7-22-16)15(20)25/h3-4,6-8,10H,1-2,5,9H2,(H2,20,25)(H,21,23,26). The number of rotatable bonds is 4. The number of nitrogens with zero attached hydrogens (tertiary/aromatic N) is 3. The Morgan fingerprint density at radius 2 is 2.12 bits per heavy atom. The lowest BCUT2D eigenvalue weighted by Gasteiger charge is -2.33. The number of hydrogen-bond donors (Lipinski definition) is 2. The summed E-state index contributed by atoms with van der Waals surface area (Å²) in [5.41, 5.74) is 5.50. The molecule has 0 spiro atoms. The summed E-state index contributed by atoms with van der Waals surface area (Å²) in [5.74, 6) is 0.189. The summed E-state index contributed by atoms with van der Waals surface area (Å²) >= 11 is 9.56. The molecule has 1 atom stereocenters. The Bertz CT molecular complexity index is 830. The molecule has 1 fully saturated rings. The fourth-order valence-electron chi connectivity index (χ4n) is 2.86. The molecule has 0 bridgehead atoms. The van der Waals surface area contributed by atoms with Crippen LogP contribution in [0.25, 0.3) is 0 Å². The van der Waals surface area contributed by atoms with Gasteiger partial charge in [0.1, 0.15) is 11.6 Å². The molecule has 3 N–H and O–H groups in total. The van der Waals surface area contributed by atoms with Gasteiger partial charge >= 0.3 is 0 Å². The topological polar surface area (TPSA) is 101 Å². The van der Waals surface area contributed by atoms with Crippen LogP contribution in [0.5, 0.6) is 0 Å². The average Bonchev–Trinajstić information content (AvgIpc) is 2.63. The molecule has 26 heavy (non-hydrogen) atoms. The molecule has 3 rings (SSSR count). The maximum atomic E-state index is 12.6. The zero-order valence-electron chi connectivity index (χ0n) is 13.8. The number of carbonyl (C=O) groups excluding carboxylic acids is 2. The van der Waals surface area contributed by atoms with Crippen LogP contribution < -0.4 is 16.0 Å². The number of pyridine rings is 2. The smallest absolute Gasteiger partial charge is 0.250 e. The van der Waals surface area contributed by atoms with E-state index in [-0.39, 0.29) is 17.4 Å². The van der Waals surface area contributed by atoms with E-state index in [0.29, 0.717) is 23.2 Å². The molecule has 9 heteroatoms. The van der Waals surface area contributed by atoms with Crippen LogP contribution in [-0.4, -0.2) is 34.9 Å². The molecular formula is C17H17BrClN5O2. The third-order valence-corrected chi connectivity index (χ3v) is 4.92. The zero-order chi connectivity index (χ0) is 18.7. The number of amides is 2. The summed E-state index contributed by atoms with van der Waals surface area (Å²) in [7, 11) is 0. The highest BCUT2D eigenvalue weighted by Gasteiger charge is 2.28. The number of hydrogen-bond acceptors (Lipinski definition) is 5. The third kappa shape index (κ3) is 4.31. The Hall–Kier alpha value is -2.19. The van der Waals surface area contributed by atoms with Gasteiger partial charge in [0, 0.05) is 30.0 Å². The van der Waals surface area contributed by atoms with Crippen molar-refractivity contribution in [1.29, 1.82) is 0 Å². The van der Waals surface area contributed by atoms with Crippen molar-refractivity contribution in [3.8, 4) is 0 Å². The van der Waals surface area contributed by atoms with Gasteiger partial charge in [0.25, 0.3) is 0 Å². The Labute approximate surface area is 164 Å². The minimum atomic E-state index is -0.580. The number of carbonyl (C=O) groups is 2. The van der Waals surface area contributed by atoms with E-state index in [1.54, 1.807) is 12.3 Å². The monoisotopic (exact) mass is 437 g/mol. The maximum absolute atomic E-state index is 12.6. The van der Waals surface area contributed by atoms with Crippen molar-refractivity contribution in [3.05, 3.63) is 45.7 Å². The van der Waals surface area contributed by atoms with Gasteiger partial charge in [0.05, 0.1) is 16.5 Å². The molecule has 0 radical (unpaired) electrons. The fraction of sp³-hybridized carbons (Fsp3) is 0.294. The Morgan fingerprint density at radius 1 is 1.31 bits per heavy atom. The lowest BCUT2D eigenvalue weighted by atomic mass is 9.97. The second kappa shape index (κ2) is 8.01. The molecule has 1 unspecified atom stereocenters. The van der Waals surface area contributed by atoms with Crippen LogP contribution in [0, 0.1) is 5.92 Å². The lowest BCUT2D eigenvalue weighted by Crippen LogP contribution is -2.41. The number of primary amides is 1. The number of nitrogens with two attached hydrogens (primary N) is 1. The minimum Gasteiger partial charge on any atom is -0.366 e. The van der Waals surface area contributed by atoms with Crippen LogP contribution in [0.4, 0.5) is 11.6 Å². The number of halogens is 2. The molecule has 7 nitrogen and oxygen atoms in total. The molecule has 3 heterocycles. The lowest BCUT2D eigenvalue weighted by molar-refractivity contribution is -0.120. The molecule has 0 aromatic carbocycles. The second-order valence-electron chi connectivity index (χ2n) is 6.03. The van der Waals surface area contributed by atoms with Gasteiger partial charge in [0.15, 0.2) is 0 Å². The molecule has 2 aromatic heterocycles. The first-order valence-electron chi connectivity index (χ1n) is 8.07. The highest BCUT2D eigenvalue weighted by Crippen LogP contribution is 2.29. The van der Waals surface area contributed by atoms with E-state index in [4.69, 9.17) is 17.3 Å². The van der Waals surface area contributed by atoms with Gasteiger partial charge in [0.2, 0.25) is 11.8 Å². The Balaban J connectivity index is 1.69. The SMILES string of the molecule is NC(=O)c1cnc(N2CCCC(C(=O)Nc3ccc(Br)cn3)C2)c(Cl)c1. The van der Waals surface area contributed by atoms with Crippen LogP contribution in [0.3, 0.4) is 0 Å². The molecule has 1 aliphatic rings. The van der Waals surface area contributed by atoms with Crippen molar-refractivity contribution < 1.29 is 9.59 Å². The molecule has 1 saturated heterocycles. The molecule has 0 saturated carbocycles. The van der Waals surface area contributed by atoms with Crippen LogP contribution in [0.15, 0.2) is 35.1 Å². The summed E-state index contributed by atoms with van der Waals surface area (Å²) in [4.78, 5) is 34.1. The quantitative estimate of drug-likeness (QED) is 0.764. The summed E-state index contributed by atoms with van der Waals surface area (Å²) in [5, 5.41) is 3.18. The predicted octanol–water partition coefficient (Wildman–Crippen LogP) is 2.85. The zero-order valence-corrected chi connectivity index (χ0v) is 16.1. The minimum absolute atomic E-state index is 0.0885. The van der Waals surface area contributed by atoms with E-state index in [9.17, 15) is 9.59 Å². The predicted molar refractivity (Wildman–Crippen MR) is 103 cm³/mol. The molecule has 1 aliphatic heterocycles. The van der Waals surface area contributed by atoms with Gasteiger partial charge in [-0.3, -0.25) is 9.59 Å². The van der Waals surface area contributed by atoms with E-state index >= 15 is 0 Å². The molecule has 2 amide bonds. The number of nitrogens with one attached hydrogen (secondary N) is 1. The van der Waals surface area contributed by atoms with Gasteiger partial charge in [-0.15, -0.1) is 0 Å². The fourth-order valence-corrected chi connectivity index (χ4v) is 3.38. The Kier molecular flexibility index (Phi) is 5.73. The normalized spacial score (nSPS) is 17.0. The summed E-state index contributed by atoms with van der Waals surface area (Å²) in [6.07, 6.45) is 4.64. The van der Waals surface area contributed by atoms with Crippen molar-refractivity contribution >= 4 is 51.0 Å². The summed E-state index contributed by atoms with van der Waals surface area (Å²) < 4.78 is 0.847. The highest BCUT2D eigenvalue weighted by atomic mass is 79.9. The first kappa shape index (κ1) is 18.6. The van der Waals surface area contributed by atoms with Crippen LogP contribution in [-0.2, 0) is 4.79 Å². The summed E-state index contributed by atoms with van der Waals surface area (Å²) in [6, 6.07) is 5.06. The third-order valence-electron chi connectivity index (χ3n) is 4.18. The van der Waals surface area contributed by atoms with Crippen LogP contribution >= 0.6 is 27.5 Å². The van der Waals surface area contributed by atoms with Gasteiger partial charge in [-0.1, -0.05) is 11.6 Å². The van der Waals surface area contributed by atoms with Gasteiger partial charge < -0.3 is 16.0 Å². The van der Waals surface area contributed by atoms with Crippen molar-refractivity contribution in [2.24, 2.45) is 11.7 Å². The first-order chi connectivity index (χ1) is 12.4. The van der Waals surface area contributed by atoms with Crippen molar-refractivity contribution in [3.63, 3.8) is 0 Å². The van der Waals surface area contributed by atoms with E-state index < -0.39 is 5.91 Å². The van der Waals surface area contributed by atoms with E-state index in [0.717, 1.165) is 23.9 Å². The van der Waals surface area contributed by atoms with Crippen LogP contribution in [0.2, 0.25) is 5.02 Å². The number of piperidine rings is 1. The largest absolute Gasteiger partial charge is 0.366 e. The molecule has 136 valence electrons. The average molecular weight is 439 g/mol. The second-order valence-corrected chi connectivity index (χ2v) is 7.35. The molecule has 2 aromatic rings. The van der Waals surface area contributed by atoms with E-state index in [1.165, 1.54) is 12.3 Å². The van der Waals surface area contributed by atoms with Crippen LogP contribution in [0.1, 0.15) is 23.2 Å². The Morgan fingerprint density at radius 3 is 2.77 bits per heavy atom. The molecule has 0 aliphatic carbocycles. The van der Waals surface area contributed by atoms with Gasteiger partial charge in [-0.2, -0.15) is 0 Å². The van der Waals surface area contributed by atoms with E-state index in [2.05, 4.69) is 31.2 Å².